The number of morpholine rings is 1. The third-order valence-corrected chi connectivity index (χ3v) is 3.85. The molecule has 3 rings (SSSR count). The van der Waals surface area contributed by atoms with E-state index in [0.29, 0.717) is 42.8 Å². The molecule has 8 nitrogen and oxygen atoms in total. The topological polar surface area (TPSA) is 101 Å². The smallest absolute Gasteiger partial charge is 0.263 e. The number of carbonyl (C=O) groups excluding carboxylic acids is 1. The Bertz CT molecular complexity index is 798. The van der Waals surface area contributed by atoms with E-state index in [1.54, 1.807) is 43.0 Å². The maximum absolute atomic E-state index is 12.7. The predicted molar refractivity (Wildman–Crippen MR) is 85.6 cm³/mol. The van der Waals surface area contributed by atoms with Crippen LogP contribution in [0.15, 0.2) is 28.7 Å². The van der Waals surface area contributed by atoms with Gasteiger partial charge in [-0.15, -0.1) is 10.2 Å². The summed E-state index contributed by atoms with van der Waals surface area (Å²) in [6, 6.07) is 8.88. The maximum Gasteiger partial charge on any atom is 0.263 e. The Labute approximate surface area is 145 Å². The fourth-order valence-corrected chi connectivity index (χ4v) is 2.60. The first-order chi connectivity index (χ1) is 12.1. The van der Waals surface area contributed by atoms with E-state index in [-0.39, 0.29) is 5.91 Å². The SMILES string of the molecule is Cc1nnc([C@H]2CN(C(=O)[C@H](C)Oc3ccccc3C#N)CCO2)o1. The van der Waals surface area contributed by atoms with Gasteiger partial charge < -0.3 is 18.8 Å². The van der Waals surface area contributed by atoms with E-state index >= 15 is 0 Å². The van der Waals surface area contributed by atoms with Crippen LogP contribution in [0.2, 0.25) is 0 Å². The summed E-state index contributed by atoms with van der Waals surface area (Å²) in [6.07, 6.45) is -1.17. The summed E-state index contributed by atoms with van der Waals surface area (Å²) in [7, 11) is 0. The summed E-state index contributed by atoms with van der Waals surface area (Å²) in [6.45, 7) is 4.51. The number of hydrogen-bond acceptors (Lipinski definition) is 7. The molecule has 1 aromatic carbocycles. The fourth-order valence-electron chi connectivity index (χ4n) is 2.60. The van der Waals surface area contributed by atoms with Gasteiger partial charge in [0.15, 0.2) is 12.2 Å². The van der Waals surface area contributed by atoms with Crippen molar-refractivity contribution in [3.05, 3.63) is 41.6 Å². The summed E-state index contributed by atoms with van der Waals surface area (Å²) < 4.78 is 16.7. The van der Waals surface area contributed by atoms with Crippen molar-refractivity contribution in [2.45, 2.75) is 26.1 Å². The van der Waals surface area contributed by atoms with E-state index in [9.17, 15) is 4.79 Å². The predicted octanol–water partition coefficient (Wildman–Crippen LogP) is 1.62. The van der Waals surface area contributed by atoms with Crippen LogP contribution in [0.4, 0.5) is 0 Å². The number of carbonyl (C=O) groups is 1. The van der Waals surface area contributed by atoms with Gasteiger partial charge in [-0.25, -0.2) is 0 Å². The summed E-state index contributed by atoms with van der Waals surface area (Å²) in [5.41, 5.74) is 0.392. The van der Waals surface area contributed by atoms with Gasteiger partial charge >= 0.3 is 0 Å². The lowest BCUT2D eigenvalue weighted by atomic mass is 10.2. The van der Waals surface area contributed by atoms with Crippen molar-refractivity contribution in [2.24, 2.45) is 0 Å². The molecule has 2 aromatic rings. The van der Waals surface area contributed by atoms with Crippen LogP contribution in [0, 0.1) is 18.3 Å². The van der Waals surface area contributed by atoms with E-state index in [1.807, 2.05) is 0 Å². The summed E-state index contributed by atoms with van der Waals surface area (Å²) >= 11 is 0. The second kappa shape index (κ2) is 7.32. The third kappa shape index (κ3) is 3.78. The number of nitriles is 1. The van der Waals surface area contributed by atoms with Gasteiger partial charge in [-0.3, -0.25) is 4.79 Å². The molecule has 0 radical (unpaired) electrons. The molecular weight excluding hydrogens is 324 g/mol. The number of aromatic nitrogens is 2. The van der Waals surface area contributed by atoms with Crippen LogP contribution in [-0.2, 0) is 9.53 Å². The minimum absolute atomic E-state index is 0.183. The Hall–Kier alpha value is -2.92. The van der Waals surface area contributed by atoms with E-state index < -0.39 is 12.2 Å². The highest BCUT2D eigenvalue weighted by Gasteiger charge is 2.31. The lowest BCUT2D eigenvalue weighted by molar-refractivity contribution is -0.146. The number of nitrogens with zero attached hydrogens (tertiary/aromatic N) is 4. The second-order valence-electron chi connectivity index (χ2n) is 5.67. The molecule has 130 valence electrons. The molecule has 1 aliphatic rings. The highest BCUT2D eigenvalue weighted by Crippen LogP contribution is 2.23. The van der Waals surface area contributed by atoms with Crippen LogP contribution in [0.25, 0.3) is 0 Å². The van der Waals surface area contributed by atoms with Gasteiger partial charge in [0, 0.05) is 13.5 Å². The van der Waals surface area contributed by atoms with Crippen molar-refractivity contribution in [3.63, 3.8) is 0 Å². The Kier molecular flexibility index (Phi) is 4.95. The van der Waals surface area contributed by atoms with Crippen LogP contribution < -0.4 is 4.74 Å². The van der Waals surface area contributed by atoms with Crippen molar-refractivity contribution >= 4 is 5.91 Å². The molecule has 25 heavy (non-hydrogen) atoms. The van der Waals surface area contributed by atoms with E-state index in [1.165, 1.54) is 0 Å². The number of rotatable bonds is 4. The molecular formula is C17H18N4O4. The van der Waals surface area contributed by atoms with Gasteiger partial charge in [-0.05, 0) is 19.1 Å². The zero-order chi connectivity index (χ0) is 17.8. The van der Waals surface area contributed by atoms with Crippen molar-refractivity contribution in [2.75, 3.05) is 19.7 Å². The van der Waals surface area contributed by atoms with Crippen molar-refractivity contribution < 1.29 is 18.7 Å². The third-order valence-electron chi connectivity index (χ3n) is 3.85. The first kappa shape index (κ1) is 16.9. The largest absolute Gasteiger partial charge is 0.480 e. The number of para-hydroxylation sites is 1. The highest BCUT2D eigenvalue weighted by molar-refractivity contribution is 5.81. The fraction of sp³-hybridized carbons (Fsp3) is 0.412. The molecule has 1 fully saturated rings. The van der Waals surface area contributed by atoms with Crippen LogP contribution in [0.3, 0.4) is 0 Å². The molecule has 0 saturated carbocycles. The molecule has 0 spiro atoms. The Balaban J connectivity index is 1.66. The highest BCUT2D eigenvalue weighted by atomic mass is 16.5. The molecule has 0 aliphatic carbocycles. The van der Waals surface area contributed by atoms with Gasteiger partial charge in [-0.1, -0.05) is 12.1 Å². The standard InChI is InChI=1S/C17H18N4O4/c1-11(24-14-6-4-3-5-13(14)9-18)17(22)21-7-8-23-15(10-21)16-20-19-12(2)25-16/h3-6,11,15H,7-8,10H2,1-2H3/t11-,15+/m0/s1. The van der Waals surface area contributed by atoms with Gasteiger partial charge in [-0.2, -0.15) is 5.26 Å². The minimum Gasteiger partial charge on any atom is -0.480 e. The Morgan fingerprint density at radius 1 is 1.44 bits per heavy atom. The summed E-state index contributed by atoms with van der Waals surface area (Å²) in [5.74, 6) is 1.02. The number of amides is 1. The number of benzene rings is 1. The van der Waals surface area contributed by atoms with Gasteiger partial charge in [0.05, 0.1) is 18.7 Å². The lowest BCUT2D eigenvalue weighted by Gasteiger charge is -2.33. The maximum atomic E-state index is 12.7. The minimum atomic E-state index is -0.724. The number of aryl methyl sites for hydroxylation is 1. The van der Waals surface area contributed by atoms with Crippen LogP contribution in [0.5, 0.6) is 5.75 Å². The number of ether oxygens (including phenoxy) is 2. The van der Waals surface area contributed by atoms with Crippen LogP contribution in [-0.4, -0.2) is 46.8 Å². The first-order valence-electron chi connectivity index (χ1n) is 7.94. The van der Waals surface area contributed by atoms with E-state index in [4.69, 9.17) is 19.2 Å². The molecule has 8 heteroatoms. The summed E-state index contributed by atoms with van der Waals surface area (Å²) in [5, 5.41) is 16.9. The Morgan fingerprint density at radius 2 is 2.24 bits per heavy atom. The van der Waals surface area contributed by atoms with Crippen molar-refractivity contribution in [1.82, 2.24) is 15.1 Å². The van der Waals surface area contributed by atoms with E-state index in [0.717, 1.165) is 0 Å². The zero-order valence-electron chi connectivity index (χ0n) is 14.0. The number of hydrogen-bond donors (Lipinski definition) is 0. The van der Waals surface area contributed by atoms with Crippen LogP contribution in [0.1, 0.15) is 30.4 Å². The first-order valence-corrected chi connectivity index (χ1v) is 7.94. The van der Waals surface area contributed by atoms with Gasteiger partial charge in [0.25, 0.3) is 5.91 Å². The monoisotopic (exact) mass is 342 g/mol. The average Bonchev–Trinajstić information content (AvgIpc) is 3.08. The van der Waals surface area contributed by atoms with Crippen molar-refractivity contribution in [1.29, 1.82) is 5.26 Å². The van der Waals surface area contributed by atoms with Gasteiger partial charge in [0.1, 0.15) is 11.8 Å². The molecule has 0 unspecified atom stereocenters. The lowest BCUT2D eigenvalue weighted by Crippen LogP contribution is -2.47. The average molecular weight is 342 g/mol. The van der Waals surface area contributed by atoms with Gasteiger partial charge in [0.2, 0.25) is 11.8 Å². The molecule has 1 aliphatic heterocycles. The molecule has 1 saturated heterocycles. The van der Waals surface area contributed by atoms with E-state index in [2.05, 4.69) is 16.3 Å². The molecule has 1 aromatic heterocycles. The normalized spacial score (nSPS) is 18.4. The zero-order valence-corrected chi connectivity index (χ0v) is 14.0. The second-order valence-corrected chi connectivity index (χ2v) is 5.67. The molecule has 2 heterocycles. The van der Waals surface area contributed by atoms with Crippen LogP contribution >= 0.6 is 0 Å². The molecule has 0 N–H and O–H groups in total. The molecule has 0 bridgehead atoms. The Morgan fingerprint density at radius 3 is 2.96 bits per heavy atom. The summed E-state index contributed by atoms with van der Waals surface area (Å²) in [4.78, 5) is 14.3. The van der Waals surface area contributed by atoms with Crippen molar-refractivity contribution in [3.8, 4) is 11.8 Å². The molecule has 2 atom stereocenters. The quantitative estimate of drug-likeness (QED) is 0.832. The molecule has 1 amide bonds.